The molecule has 35 heavy (non-hydrogen) atoms. The molecular formula is C25H30N6O3S. The topological polar surface area (TPSA) is 91.6 Å². The van der Waals surface area contributed by atoms with Crippen molar-refractivity contribution in [1.82, 2.24) is 24.3 Å². The normalized spacial score (nSPS) is 17.3. The third kappa shape index (κ3) is 4.67. The maximum Gasteiger partial charge on any atom is 0.264 e. The highest BCUT2D eigenvalue weighted by Gasteiger charge is 2.28. The fourth-order valence-corrected chi connectivity index (χ4v) is 5.91. The van der Waals surface area contributed by atoms with Gasteiger partial charge in [-0.05, 0) is 43.4 Å². The lowest BCUT2D eigenvalue weighted by Gasteiger charge is -2.35. The fraction of sp³-hybridized carbons (Fsp3) is 0.480. The van der Waals surface area contributed by atoms with Gasteiger partial charge >= 0.3 is 0 Å². The molecule has 2 fully saturated rings. The molecule has 2 aliphatic heterocycles. The summed E-state index contributed by atoms with van der Waals surface area (Å²) in [5.41, 5.74) is 0.384. The number of hydrogen-bond donors (Lipinski definition) is 0. The summed E-state index contributed by atoms with van der Waals surface area (Å²) in [6, 6.07) is 5.82. The summed E-state index contributed by atoms with van der Waals surface area (Å²) >= 11 is 1.26. The number of rotatable bonds is 4. The second kappa shape index (κ2) is 9.77. The zero-order valence-corrected chi connectivity index (χ0v) is 21.0. The van der Waals surface area contributed by atoms with Gasteiger partial charge in [-0.2, -0.15) is 0 Å². The van der Waals surface area contributed by atoms with Crippen molar-refractivity contribution in [3.63, 3.8) is 0 Å². The third-order valence-electron chi connectivity index (χ3n) is 7.09. The number of piperazine rings is 1. The molecule has 0 atom stereocenters. The molecule has 0 spiro atoms. The van der Waals surface area contributed by atoms with E-state index in [0.29, 0.717) is 52.8 Å². The lowest BCUT2D eigenvalue weighted by molar-refractivity contribution is -0.133. The summed E-state index contributed by atoms with van der Waals surface area (Å²) in [6.45, 7) is 8.02. The molecule has 0 unspecified atom stereocenters. The Bertz CT molecular complexity index is 1290. The molecule has 3 aromatic rings. The van der Waals surface area contributed by atoms with Gasteiger partial charge in [-0.25, -0.2) is 9.97 Å². The van der Waals surface area contributed by atoms with Gasteiger partial charge in [0, 0.05) is 45.5 Å². The Hall–Kier alpha value is -3.27. The maximum atomic E-state index is 13.3. The minimum absolute atomic E-state index is 0.0236. The van der Waals surface area contributed by atoms with E-state index in [1.165, 1.54) is 22.2 Å². The molecule has 0 N–H and O–H groups in total. The molecule has 5 heterocycles. The molecule has 9 nitrogen and oxygen atoms in total. The van der Waals surface area contributed by atoms with Gasteiger partial charge < -0.3 is 14.7 Å². The molecule has 0 bridgehead atoms. The van der Waals surface area contributed by atoms with Crippen molar-refractivity contribution in [3.05, 3.63) is 51.5 Å². The molecule has 184 valence electrons. The number of thiophene rings is 1. The van der Waals surface area contributed by atoms with Crippen LogP contribution in [-0.2, 0) is 11.3 Å². The first-order chi connectivity index (χ1) is 16.9. The van der Waals surface area contributed by atoms with Crippen molar-refractivity contribution in [1.29, 1.82) is 0 Å². The number of amides is 2. The Kier molecular flexibility index (Phi) is 6.55. The van der Waals surface area contributed by atoms with Gasteiger partial charge in [-0.15, -0.1) is 11.3 Å². The Labute approximate surface area is 208 Å². The van der Waals surface area contributed by atoms with Crippen LogP contribution in [0.15, 0.2) is 35.5 Å². The van der Waals surface area contributed by atoms with Gasteiger partial charge in [0.2, 0.25) is 5.91 Å². The number of aryl methyl sites for hydroxylation is 1. The molecule has 0 saturated carbocycles. The number of piperidine rings is 1. The van der Waals surface area contributed by atoms with Crippen molar-refractivity contribution >= 4 is 39.2 Å². The molecule has 5 rings (SSSR count). The smallest absolute Gasteiger partial charge is 0.264 e. The van der Waals surface area contributed by atoms with Crippen LogP contribution in [-0.4, -0.2) is 75.4 Å². The number of carbonyl (C=O) groups excluding carboxylic acids is 2. The van der Waals surface area contributed by atoms with Crippen LogP contribution in [0.3, 0.4) is 0 Å². The highest BCUT2D eigenvalue weighted by Crippen LogP contribution is 2.28. The molecule has 10 heteroatoms. The standard InChI is InChI=1S/C25H30N6O3S/c1-17-6-9-29(10-7-17)20(32)15-31-16-27-23-21(24(31)33)18(2)22(35-23)25(34)30-13-11-28(12-14-30)19-5-3-4-8-26-19/h3-5,8,16-17H,6-7,9-15H2,1-2H3. The van der Waals surface area contributed by atoms with Crippen LogP contribution in [0.1, 0.15) is 35.0 Å². The summed E-state index contributed by atoms with van der Waals surface area (Å²) in [6.07, 6.45) is 5.19. The van der Waals surface area contributed by atoms with Crippen molar-refractivity contribution in [3.8, 4) is 0 Å². The van der Waals surface area contributed by atoms with E-state index in [1.807, 2.05) is 28.0 Å². The predicted octanol–water partition coefficient (Wildman–Crippen LogP) is 2.38. The van der Waals surface area contributed by atoms with Crippen LogP contribution in [0.4, 0.5) is 5.82 Å². The maximum absolute atomic E-state index is 13.3. The fourth-order valence-electron chi connectivity index (χ4n) is 4.80. The summed E-state index contributed by atoms with van der Waals surface area (Å²) in [5.74, 6) is 1.41. The highest BCUT2D eigenvalue weighted by atomic mass is 32.1. The Morgan fingerprint density at radius 1 is 1.03 bits per heavy atom. The largest absolute Gasteiger partial charge is 0.353 e. The number of nitrogens with zero attached hydrogens (tertiary/aromatic N) is 6. The molecule has 0 aliphatic carbocycles. The minimum Gasteiger partial charge on any atom is -0.353 e. The lowest BCUT2D eigenvalue weighted by atomic mass is 9.99. The van der Waals surface area contributed by atoms with Crippen LogP contribution < -0.4 is 10.5 Å². The average Bonchev–Trinajstić information content (AvgIpc) is 3.23. The first kappa shape index (κ1) is 23.5. The Balaban J connectivity index is 1.31. The SMILES string of the molecule is Cc1c(C(=O)N2CCN(c3ccccn3)CC2)sc2ncn(CC(=O)N3CCC(C)CC3)c(=O)c12. The zero-order chi connectivity index (χ0) is 24.5. The second-order valence-corrected chi connectivity index (χ2v) is 10.4. The Morgan fingerprint density at radius 2 is 1.77 bits per heavy atom. The van der Waals surface area contributed by atoms with Crippen LogP contribution in [0.2, 0.25) is 0 Å². The minimum atomic E-state index is -0.263. The molecule has 2 aliphatic rings. The summed E-state index contributed by atoms with van der Waals surface area (Å²) in [7, 11) is 0. The van der Waals surface area contributed by atoms with E-state index in [0.717, 1.165) is 31.7 Å². The second-order valence-electron chi connectivity index (χ2n) is 9.44. The first-order valence-corrected chi connectivity index (χ1v) is 13.0. The van der Waals surface area contributed by atoms with E-state index in [2.05, 4.69) is 21.8 Å². The van der Waals surface area contributed by atoms with Crippen LogP contribution in [0.5, 0.6) is 0 Å². The van der Waals surface area contributed by atoms with Crippen molar-refractivity contribution in [2.75, 3.05) is 44.2 Å². The van der Waals surface area contributed by atoms with Crippen LogP contribution >= 0.6 is 11.3 Å². The van der Waals surface area contributed by atoms with Crippen LogP contribution in [0, 0.1) is 12.8 Å². The molecular weight excluding hydrogens is 464 g/mol. The number of aromatic nitrogens is 3. The van der Waals surface area contributed by atoms with Crippen molar-refractivity contribution in [2.45, 2.75) is 33.2 Å². The van der Waals surface area contributed by atoms with Gasteiger partial charge in [0.1, 0.15) is 17.2 Å². The van der Waals surface area contributed by atoms with Gasteiger partial charge in [0.25, 0.3) is 11.5 Å². The van der Waals surface area contributed by atoms with E-state index >= 15 is 0 Å². The molecule has 2 amide bonds. The van der Waals surface area contributed by atoms with Gasteiger partial charge in [-0.1, -0.05) is 13.0 Å². The molecule has 0 aromatic carbocycles. The number of anilines is 1. The molecule has 0 radical (unpaired) electrons. The van der Waals surface area contributed by atoms with E-state index in [1.54, 1.807) is 13.1 Å². The predicted molar refractivity (Wildman–Crippen MR) is 136 cm³/mol. The highest BCUT2D eigenvalue weighted by molar-refractivity contribution is 7.20. The van der Waals surface area contributed by atoms with Gasteiger partial charge in [0.05, 0.1) is 16.6 Å². The number of likely N-dealkylation sites (tertiary alicyclic amines) is 1. The van der Waals surface area contributed by atoms with E-state index in [4.69, 9.17) is 0 Å². The summed E-state index contributed by atoms with van der Waals surface area (Å²) < 4.78 is 1.38. The van der Waals surface area contributed by atoms with E-state index in [-0.39, 0.29) is 23.9 Å². The zero-order valence-electron chi connectivity index (χ0n) is 20.1. The van der Waals surface area contributed by atoms with Crippen molar-refractivity contribution < 1.29 is 9.59 Å². The van der Waals surface area contributed by atoms with Gasteiger partial charge in [0.15, 0.2) is 0 Å². The number of pyridine rings is 1. The number of hydrogen-bond acceptors (Lipinski definition) is 7. The summed E-state index contributed by atoms with van der Waals surface area (Å²) in [5, 5.41) is 0.438. The Morgan fingerprint density at radius 3 is 2.46 bits per heavy atom. The first-order valence-electron chi connectivity index (χ1n) is 12.1. The van der Waals surface area contributed by atoms with Gasteiger partial charge in [-0.3, -0.25) is 19.0 Å². The number of fused-ring (bicyclic) bond motifs is 1. The average molecular weight is 495 g/mol. The third-order valence-corrected chi connectivity index (χ3v) is 8.28. The lowest BCUT2D eigenvalue weighted by Crippen LogP contribution is -2.49. The van der Waals surface area contributed by atoms with Crippen LogP contribution in [0.25, 0.3) is 10.2 Å². The number of carbonyl (C=O) groups is 2. The monoisotopic (exact) mass is 494 g/mol. The quantitative estimate of drug-likeness (QED) is 0.553. The summed E-state index contributed by atoms with van der Waals surface area (Å²) in [4.78, 5) is 55.1. The van der Waals surface area contributed by atoms with E-state index < -0.39 is 0 Å². The molecule has 2 saturated heterocycles. The van der Waals surface area contributed by atoms with E-state index in [9.17, 15) is 14.4 Å². The molecule has 3 aromatic heterocycles. The van der Waals surface area contributed by atoms with Crippen molar-refractivity contribution in [2.24, 2.45) is 5.92 Å².